The van der Waals surface area contributed by atoms with Crippen molar-refractivity contribution in [3.05, 3.63) is 30.9 Å². The first-order valence-electron chi connectivity index (χ1n) is 3.76. The van der Waals surface area contributed by atoms with E-state index in [1.165, 1.54) is 0 Å². The van der Waals surface area contributed by atoms with E-state index in [0.717, 1.165) is 0 Å². The molecule has 0 aliphatic rings. The molecule has 0 aliphatic carbocycles. The molecule has 0 saturated carbocycles. The van der Waals surface area contributed by atoms with Gasteiger partial charge in [0.05, 0.1) is 13.3 Å². The van der Waals surface area contributed by atoms with Gasteiger partial charge in [0.1, 0.15) is 0 Å². The van der Waals surface area contributed by atoms with Crippen molar-refractivity contribution in [1.82, 2.24) is 19.7 Å². The van der Waals surface area contributed by atoms with Crippen LogP contribution in [0.1, 0.15) is 0 Å². The first-order chi connectivity index (χ1) is 6.40. The maximum absolute atomic E-state index is 4.94. The van der Waals surface area contributed by atoms with E-state index < -0.39 is 0 Å². The van der Waals surface area contributed by atoms with Crippen LogP contribution >= 0.6 is 0 Å². The van der Waals surface area contributed by atoms with Crippen molar-refractivity contribution in [2.45, 2.75) is 0 Å². The van der Waals surface area contributed by atoms with Gasteiger partial charge in [0, 0.05) is 24.7 Å². The molecule has 0 atom stereocenters. The molecule has 0 unspecified atom stereocenters. The third-order valence-electron chi connectivity index (χ3n) is 1.56. The van der Waals surface area contributed by atoms with E-state index >= 15 is 0 Å². The fraction of sp³-hybridized carbons (Fsp3) is 0.125. The topological polar surface area (TPSA) is 52.8 Å². The summed E-state index contributed by atoms with van der Waals surface area (Å²) < 4.78 is 6.54. The summed E-state index contributed by atoms with van der Waals surface area (Å²) >= 11 is 0. The highest BCUT2D eigenvalue weighted by molar-refractivity contribution is 5.18. The average Bonchev–Trinajstić information content (AvgIpc) is 2.67. The van der Waals surface area contributed by atoms with Crippen molar-refractivity contribution in [2.75, 3.05) is 7.11 Å². The molecule has 0 saturated heterocycles. The highest BCUT2D eigenvalue weighted by Gasteiger charge is 2.00. The molecule has 2 rings (SSSR count). The summed E-state index contributed by atoms with van der Waals surface area (Å²) in [5, 5.41) is 4.09. The molecule has 0 bridgehead atoms. The fourth-order valence-electron chi connectivity index (χ4n) is 0.953. The van der Waals surface area contributed by atoms with E-state index in [-0.39, 0.29) is 0 Å². The Hall–Kier alpha value is -1.91. The summed E-state index contributed by atoms with van der Waals surface area (Å²) in [5.41, 5.74) is 0. The molecule has 0 aromatic carbocycles. The molecule has 0 N–H and O–H groups in total. The Morgan fingerprint density at radius 3 is 2.92 bits per heavy atom. The van der Waals surface area contributed by atoms with Gasteiger partial charge in [-0.05, 0) is 0 Å². The lowest BCUT2D eigenvalue weighted by molar-refractivity contribution is 0.394. The van der Waals surface area contributed by atoms with Crippen LogP contribution in [-0.4, -0.2) is 26.9 Å². The smallest absolute Gasteiger partial charge is 0.232 e. The van der Waals surface area contributed by atoms with Crippen LogP contribution in [0.4, 0.5) is 0 Å². The van der Waals surface area contributed by atoms with Gasteiger partial charge in [0.2, 0.25) is 5.88 Å². The largest absolute Gasteiger partial charge is 0.480 e. The molecule has 0 fully saturated rings. The molecule has 2 heterocycles. The Kier molecular flexibility index (Phi) is 1.91. The van der Waals surface area contributed by atoms with Crippen molar-refractivity contribution in [2.24, 2.45) is 0 Å². The van der Waals surface area contributed by atoms with Crippen molar-refractivity contribution in [1.29, 1.82) is 0 Å². The third kappa shape index (κ3) is 1.48. The van der Waals surface area contributed by atoms with E-state index in [1.807, 2.05) is 0 Å². The average molecular weight is 176 g/mol. The zero-order chi connectivity index (χ0) is 9.10. The molecule has 66 valence electrons. The summed E-state index contributed by atoms with van der Waals surface area (Å²) in [6, 6.07) is 1.76. The predicted octanol–water partition coefficient (Wildman–Crippen LogP) is 0.671. The van der Waals surface area contributed by atoms with Crippen LogP contribution in [0, 0.1) is 0 Å². The predicted molar refractivity (Wildman–Crippen MR) is 45.7 cm³/mol. The second kappa shape index (κ2) is 3.22. The van der Waals surface area contributed by atoms with Gasteiger partial charge in [0.25, 0.3) is 0 Å². The Bertz CT molecular complexity index is 384. The number of hydrogen-bond donors (Lipinski definition) is 0. The number of rotatable bonds is 2. The van der Waals surface area contributed by atoms with Crippen LogP contribution in [0.2, 0.25) is 0 Å². The second-order valence-electron chi connectivity index (χ2n) is 2.37. The molecule has 13 heavy (non-hydrogen) atoms. The summed E-state index contributed by atoms with van der Waals surface area (Å²) in [5.74, 6) is 1.23. The lowest BCUT2D eigenvalue weighted by atomic mass is 10.6. The Balaban J connectivity index is 2.36. The van der Waals surface area contributed by atoms with Gasteiger partial charge in [0.15, 0.2) is 5.82 Å². The summed E-state index contributed by atoms with van der Waals surface area (Å²) in [4.78, 5) is 8.01. The standard InChI is InChI=1S/C8H8N4O/c1-13-8-2-5-12(11-8)7-6-9-3-4-10-7/h2-6H,1H3. The normalized spacial score (nSPS) is 9.92. The van der Waals surface area contributed by atoms with E-state index in [2.05, 4.69) is 15.1 Å². The van der Waals surface area contributed by atoms with Crippen LogP contribution in [0.15, 0.2) is 30.9 Å². The zero-order valence-electron chi connectivity index (χ0n) is 7.08. The van der Waals surface area contributed by atoms with Crippen LogP contribution in [0.3, 0.4) is 0 Å². The van der Waals surface area contributed by atoms with Crippen LogP contribution in [-0.2, 0) is 0 Å². The summed E-state index contributed by atoms with van der Waals surface area (Å²) in [7, 11) is 1.57. The van der Waals surface area contributed by atoms with Gasteiger partial charge in [-0.1, -0.05) is 0 Å². The number of nitrogens with zero attached hydrogens (tertiary/aromatic N) is 4. The molecule has 0 radical (unpaired) electrons. The number of methoxy groups -OCH3 is 1. The van der Waals surface area contributed by atoms with Gasteiger partial charge in [-0.2, -0.15) is 0 Å². The van der Waals surface area contributed by atoms with Crippen LogP contribution < -0.4 is 4.74 Å². The highest BCUT2D eigenvalue weighted by atomic mass is 16.5. The van der Waals surface area contributed by atoms with E-state index in [0.29, 0.717) is 11.7 Å². The highest BCUT2D eigenvalue weighted by Crippen LogP contribution is 2.07. The van der Waals surface area contributed by atoms with Gasteiger partial charge in [-0.3, -0.25) is 4.98 Å². The number of hydrogen-bond acceptors (Lipinski definition) is 4. The van der Waals surface area contributed by atoms with E-state index in [4.69, 9.17) is 4.74 Å². The van der Waals surface area contributed by atoms with Crippen molar-refractivity contribution >= 4 is 0 Å². The minimum absolute atomic E-state index is 0.561. The van der Waals surface area contributed by atoms with E-state index in [1.54, 1.807) is 42.6 Å². The summed E-state index contributed by atoms with van der Waals surface area (Å²) in [6.45, 7) is 0. The lowest BCUT2D eigenvalue weighted by Gasteiger charge is -1.96. The van der Waals surface area contributed by atoms with E-state index in [9.17, 15) is 0 Å². The van der Waals surface area contributed by atoms with Gasteiger partial charge in [-0.15, -0.1) is 5.10 Å². The van der Waals surface area contributed by atoms with Crippen molar-refractivity contribution < 1.29 is 4.74 Å². The molecular formula is C8H8N4O. The Morgan fingerprint density at radius 1 is 1.38 bits per heavy atom. The maximum atomic E-state index is 4.94. The Labute approximate surface area is 75.0 Å². The number of ether oxygens (including phenoxy) is 1. The molecule has 0 spiro atoms. The molecular weight excluding hydrogens is 168 g/mol. The van der Waals surface area contributed by atoms with Gasteiger partial charge in [-0.25, -0.2) is 9.67 Å². The second-order valence-corrected chi connectivity index (χ2v) is 2.37. The molecule has 2 aromatic heterocycles. The minimum Gasteiger partial charge on any atom is -0.480 e. The molecule has 0 aliphatic heterocycles. The molecule has 0 amide bonds. The quantitative estimate of drug-likeness (QED) is 0.674. The monoisotopic (exact) mass is 176 g/mol. The lowest BCUT2D eigenvalue weighted by Crippen LogP contribution is -1.98. The minimum atomic E-state index is 0.561. The molecule has 5 heteroatoms. The van der Waals surface area contributed by atoms with Crippen LogP contribution in [0.5, 0.6) is 5.88 Å². The van der Waals surface area contributed by atoms with Gasteiger partial charge >= 0.3 is 0 Å². The van der Waals surface area contributed by atoms with Crippen molar-refractivity contribution in [3.8, 4) is 11.7 Å². The first-order valence-corrected chi connectivity index (χ1v) is 3.76. The molecule has 5 nitrogen and oxygen atoms in total. The third-order valence-corrected chi connectivity index (χ3v) is 1.56. The first kappa shape index (κ1) is 7.72. The van der Waals surface area contributed by atoms with Gasteiger partial charge < -0.3 is 4.74 Å². The molecule has 2 aromatic rings. The number of aromatic nitrogens is 4. The van der Waals surface area contributed by atoms with Crippen molar-refractivity contribution in [3.63, 3.8) is 0 Å². The Morgan fingerprint density at radius 2 is 2.31 bits per heavy atom. The zero-order valence-corrected chi connectivity index (χ0v) is 7.08. The summed E-state index contributed by atoms with van der Waals surface area (Å²) in [6.07, 6.45) is 6.63. The maximum Gasteiger partial charge on any atom is 0.232 e. The SMILES string of the molecule is COc1ccn(-c2cnccn2)n1. The van der Waals surface area contributed by atoms with Crippen LogP contribution in [0.25, 0.3) is 5.82 Å². The fourth-order valence-corrected chi connectivity index (χ4v) is 0.953.